The van der Waals surface area contributed by atoms with Crippen LogP contribution in [-0.4, -0.2) is 19.1 Å². The standard InChI is InChI=1S/C20H32O4S/c1-12(2)15-7-8-20-17(15)9-10-18-16-6-4-14(24-25(21,22)23)11-13(16)3-5-19(18)20/h13-20H,1,3-11H2,2H3,(H,21,22,23). The van der Waals surface area contributed by atoms with E-state index in [0.29, 0.717) is 5.92 Å². The van der Waals surface area contributed by atoms with Crippen molar-refractivity contribution >= 4 is 10.4 Å². The van der Waals surface area contributed by atoms with Crippen molar-refractivity contribution < 1.29 is 17.2 Å². The molecule has 0 spiro atoms. The Hall–Kier alpha value is -0.390. The van der Waals surface area contributed by atoms with Crippen LogP contribution < -0.4 is 0 Å². The minimum absolute atomic E-state index is 0.316. The van der Waals surface area contributed by atoms with Crippen LogP contribution in [0.25, 0.3) is 0 Å². The highest BCUT2D eigenvalue weighted by molar-refractivity contribution is 7.80. The summed E-state index contributed by atoms with van der Waals surface area (Å²) in [6.45, 7) is 6.47. The molecule has 0 aromatic heterocycles. The molecule has 8 atom stereocenters. The highest BCUT2D eigenvalue weighted by Crippen LogP contribution is 2.60. The van der Waals surface area contributed by atoms with Crippen molar-refractivity contribution in [3.8, 4) is 0 Å². The van der Waals surface area contributed by atoms with Gasteiger partial charge in [0.2, 0.25) is 0 Å². The molecule has 5 heteroatoms. The van der Waals surface area contributed by atoms with E-state index in [-0.39, 0.29) is 6.10 Å². The first-order valence-electron chi connectivity index (χ1n) is 10.1. The lowest BCUT2D eigenvalue weighted by molar-refractivity contribution is -0.0442. The predicted molar refractivity (Wildman–Crippen MR) is 97.2 cm³/mol. The highest BCUT2D eigenvalue weighted by atomic mass is 32.3. The number of allylic oxidation sites excluding steroid dienone is 1. The van der Waals surface area contributed by atoms with E-state index >= 15 is 0 Å². The van der Waals surface area contributed by atoms with Gasteiger partial charge in [0.15, 0.2) is 0 Å². The topological polar surface area (TPSA) is 63.6 Å². The van der Waals surface area contributed by atoms with Crippen molar-refractivity contribution in [3.05, 3.63) is 12.2 Å². The van der Waals surface area contributed by atoms with E-state index in [4.69, 9.17) is 8.74 Å². The van der Waals surface area contributed by atoms with E-state index in [1.165, 1.54) is 44.1 Å². The molecule has 0 radical (unpaired) electrons. The van der Waals surface area contributed by atoms with Crippen LogP contribution in [-0.2, 0) is 14.6 Å². The fourth-order valence-electron chi connectivity index (χ4n) is 7.34. The Morgan fingerprint density at radius 2 is 1.44 bits per heavy atom. The van der Waals surface area contributed by atoms with Crippen molar-refractivity contribution in [2.45, 2.75) is 70.8 Å². The summed E-state index contributed by atoms with van der Waals surface area (Å²) in [5.41, 5.74) is 1.39. The van der Waals surface area contributed by atoms with Crippen LogP contribution in [0.5, 0.6) is 0 Å². The minimum atomic E-state index is -4.32. The molecule has 4 fully saturated rings. The average Bonchev–Trinajstić information content (AvgIpc) is 2.97. The third-order valence-electron chi connectivity index (χ3n) is 8.12. The molecule has 0 aliphatic heterocycles. The Labute approximate surface area is 152 Å². The summed E-state index contributed by atoms with van der Waals surface area (Å²) in [4.78, 5) is 0. The molecule has 0 amide bonds. The summed E-state index contributed by atoms with van der Waals surface area (Å²) in [7, 11) is -4.32. The van der Waals surface area contributed by atoms with Gasteiger partial charge in [-0.1, -0.05) is 12.2 Å². The Bertz CT molecular complexity index is 628. The lowest BCUT2D eigenvalue weighted by Crippen LogP contribution is -2.46. The first-order chi connectivity index (χ1) is 11.8. The van der Waals surface area contributed by atoms with Crippen molar-refractivity contribution in [2.75, 3.05) is 0 Å². The third kappa shape index (κ3) is 3.44. The van der Waals surface area contributed by atoms with Crippen molar-refractivity contribution in [1.29, 1.82) is 0 Å². The molecule has 142 valence electrons. The normalized spacial score (nSPS) is 46.8. The minimum Gasteiger partial charge on any atom is -0.264 e. The van der Waals surface area contributed by atoms with Crippen molar-refractivity contribution in [3.63, 3.8) is 0 Å². The van der Waals surface area contributed by atoms with E-state index in [9.17, 15) is 8.42 Å². The van der Waals surface area contributed by atoms with E-state index in [2.05, 4.69) is 13.5 Å². The van der Waals surface area contributed by atoms with Gasteiger partial charge in [0.1, 0.15) is 0 Å². The molecular formula is C20H32O4S. The van der Waals surface area contributed by atoms with Crippen LogP contribution in [0.1, 0.15) is 64.7 Å². The van der Waals surface area contributed by atoms with Crippen LogP contribution in [0.3, 0.4) is 0 Å². The van der Waals surface area contributed by atoms with Crippen molar-refractivity contribution in [1.82, 2.24) is 0 Å². The van der Waals surface area contributed by atoms with Crippen LogP contribution in [0.15, 0.2) is 12.2 Å². The molecule has 0 aromatic carbocycles. The molecule has 4 nitrogen and oxygen atoms in total. The Morgan fingerprint density at radius 3 is 2.16 bits per heavy atom. The molecule has 4 aliphatic carbocycles. The smallest absolute Gasteiger partial charge is 0.264 e. The van der Waals surface area contributed by atoms with Crippen molar-refractivity contribution in [2.24, 2.45) is 41.4 Å². The molecule has 4 rings (SSSR count). The van der Waals surface area contributed by atoms with Gasteiger partial charge in [-0.25, -0.2) is 4.18 Å². The van der Waals surface area contributed by atoms with E-state index < -0.39 is 10.4 Å². The molecule has 0 bridgehead atoms. The fourth-order valence-corrected chi connectivity index (χ4v) is 7.86. The van der Waals surface area contributed by atoms with Crippen LogP contribution >= 0.6 is 0 Å². The lowest BCUT2D eigenvalue weighted by Gasteiger charge is -2.53. The quantitative estimate of drug-likeness (QED) is 0.583. The monoisotopic (exact) mass is 368 g/mol. The Balaban J connectivity index is 1.44. The third-order valence-corrected chi connectivity index (χ3v) is 8.63. The van der Waals surface area contributed by atoms with Crippen LogP contribution in [0, 0.1) is 41.4 Å². The van der Waals surface area contributed by atoms with Gasteiger partial charge in [-0.3, -0.25) is 4.55 Å². The van der Waals surface area contributed by atoms with E-state index in [0.717, 1.165) is 54.8 Å². The zero-order valence-corrected chi connectivity index (χ0v) is 16.1. The summed E-state index contributed by atoms with van der Waals surface area (Å²) in [5, 5.41) is 0. The Morgan fingerprint density at radius 1 is 0.880 bits per heavy atom. The molecular weight excluding hydrogens is 336 g/mol. The highest BCUT2D eigenvalue weighted by Gasteiger charge is 2.51. The van der Waals surface area contributed by atoms with Gasteiger partial charge in [-0.05, 0) is 106 Å². The molecule has 1 N–H and O–H groups in total. The number of hydrogen-bond donors (Lipinski definition) is 1. The van der Waals surface area contributed by atoms with E-state index in [1.807, 2.05) is 0 Å². The first kappa shape index (κ1) is 18.0. The molecule has 25 heavy (non-hydrogen) atoms. The second-order valence-electron chi connectivity index (χ2n) is 9.22. The van der Waals surface area contributed by atoms with Crippen LogP contribution in [0.2, 0.25) is 0 Å². The number of fused-ring (bicyclic) bond motifs is 5. The molecule has 0 heterocycles. The lowest BCUT2D eigenvalue weighted by atomic mass is 9.53. The van der Waals surface area contributed by atoms with Gasteiger partial charge < -0.3 is 0 Å². The second-order valence-corrected chi connectivity index (χ2v) is 10.3. The molecule has 8 unspecified atom stereocenters. The average molecular weight is 369 g/mol. The maximum absolute atomic E-state index is 11.0. The predicted octanol–water partition coefficient (Wildman–Crippen LogP) is 4.63. The largest absolute Gasteiger partial charge is 0.397 e. The van der Waals surface area contributed by atoms with Gasteiger partial charge in [0, 0.05) is 0 Å². The van der Waals surface area contributed by atoms with Gasteiger partial charge in [-0.2, -0.15) is 8.42 Å². The maximum Gasteiger partial charge on any atom is 0.397 e. The summed E-state index contributed by atoms with van der Waals surface area (Å²) in [6.07, 6.45) is 10.3. The molecule has 4 aliphatic rings. The van der Waals surface area contributed by atoms with Gasteiger partial charge >= 0.3 is 10.4 Å². The second kappa shape index (κ2) is 6.65. The number of rotatable bonds is 3. The summed E-state index contributed by atoms with van der Waals surface area (Å²) < 4.78 is 35.9. The molecule has 0 saturated heterocycles. The molecule has 4 saturated carbocycles. The summed E-state index contributed by atoms with van der Waals surface area (Å²) in [5.74, 6) is 5.55. The SMILES string of the molecule is C=C(C)C1CCC2C1CCC1C3CCC(OS(=O)(=O)O)CC3CCC12. The van der Waals surface area contributed by atoms with Gasteiger partial charge in [-0.15, -0.1) is 0 Å². The Kier molecular flexibility index (Phi) is 4.79. The number of hydrogen-bond acceptors (Lipinski definition) is 3. The van der Waals surface area contributed by atoms with Crippen LogP contribution in [0.4, 0.5) is 0 Å². The van der Waals surface area contributed by atoms with Gasteiger partial charge in [0.05, 0.1) is 6.10 Å². The van der Waals surface area contributed by atoms with Gasteiger partial charge in [0.25, 0.3) is 0 Å². The first-order valence-corrected chi connectivity index (χ1v) is 11.5. The fraction of sp³-hybridized carbons (Fsp3) is 0.900. The molecule has 0 aromatic rings. The van der Waals surface area contributed by atoms with E-state index in [1.54, 1.807) is 0 Å². The summed E-state index contributed by atoms with van der Waals surface area (Å²) in [6, 6.07) is 0. The maximum atomic E-state index is 11.0. The zero-order chi connectivity index (χ0) is 17.8. The summed E-state index contributed by atoms with van der Waals surface area (Å²) >= 11 is 0. The zero-order valence-electron chi connectivity index (χ0n) is 15.3.